The van der Waals surface area contributed by atoms with Crippen LogP contribution < -0.4 is 10.6 Å². The van der Waals surface area contributed by atoms with E-state index in [0.717, 1.165) is 6.54 Å². The summed E-state index contributed by atoms with van der Waals surface area (Å²) >= 11 is 0. The van der Waals surface area contributed by atoms with Gasteiger partial charge in [-0.25, -0.2) is 9.59 Å². The molecule has 0 aromatic carbocycles. The molecule has 2 aliphatic heterocycles. The molecule has 2 fully saturated rings. The molecule has 0 radical (unpaired) electrons. The van der Waals surface area contributed by atoms with Crippen molar-refractivity contribution in [1.82, 2.24) is 20.4 Å². The molecule has 6 heteroatoms. The third kappa shape index (κ3) is 1.98. The lowest BCUT2D eigenvalue weighted by atomic mass is 10.3. The maximum Gasteiger partial charge on any atom is 0.317 e. The van der Waals surface area contributed by atoms with E-state index < -0.39 is 0 Å². The molecule has 1 atom stereocenters. The Morgan fingerprint density at radius 3 is 2.60 bits per heavy atom. The second kappa shape index (κ2) is 3.96. The molecule has 0 bridgehead atoms. The number of hydrogen-bond acceptors (Lipinski definition) is 2. The molecule has 0 saturated carbocycles. The summed E-state index contributed by atoms with van der Waals surface area (Å²) in [4.78, 5) is 26.1. The lowest BCUT2D eigenvalue weighted by Crippen LogP contribution is -2.40. The van der Waals surface area contributed by atoms with Gasteiger partial charge in [0.25, 0.3) is 0 Å². The monoisotopic (exact) mass is 212 g/mol. The molecule has 0 aromatic heterocycles. The zero-order valence-electron chi connectivity index (χ0n) is 8.82. The van der Waals surface area contributed by atoms with E-state index in [2.05, 4.69) is 10.6 Å². The second-order valence-electron chi connectivity index (χ2n) is 3.95. The van der Waals surface area contributed by atoms with Crippen molar-refractivity contribution in [3.8, 4) is 0 Å². The highest BCUT2D eigenvalue weighted by Crippen LogP contribution is 2.06. The molecule has 84 valence electrons. The van der Waals surface area contributed by atoms with E-state index in [-0.39, 0.29) is 18.1 Å². The van der Waals surface area contributed by atoms with Gasteiger partial charge < -0.3 is 20.4 Å². The Balaban J connectivity index is 1.82. The van der Waals surface area contributed by atoms with Crippen molar-refractivity contribution in [3.05, 3.63) is 0 Å². The van der Waals surface area contributed by atoms with E-state index in [9.17, 15) is 9.59 Å². The minimum absolute atomic E-state index is 0.0257. The molecule has 0 aliphatic carbocycles. The Hall–Kier alpha value is -1.46. The van der Waals surface area contributed by atoms with Gasteiger partial charge in [0.2, 0.25) is 0 Å². The number of amides is 4. The molecule has 2 saturated heterocycles. The summed E-state index contributed by atoms with van der Waals surface area (Å²) in [7, 11) is 0. The van der Waals surface area contributed by atoms with Crippen LogP contribution in [0.4, 0.5) is 9.59 Å². The van der Waals surface area contributed by atoms with Crippen LogP contribution in [0.2, 0.25) is 0 Å². The van der Waals surface area contributed by atoms with Crippen LogP contribution >= 0.6 is 0 Å². The summed E-state index contributed by atoms with van der Waals surface area (Å²) in [5.74, 6) is 0. The van der Waals surface area contributed by atoms with Crippen LogP contribution in [-0.4, -0.2) is 60.6 Å². The van der Waals surface area contributed by atoms with Gasteiger partial charge in [0.05, 0.1) is 0 Å². The fourth-order valence-corrected chi connectivity index (χ4v) is 1.92. The molecular formula is C9H16N4O2. The molecule has 15 heavy (non-hydrogen) atoms. The first-order valence-electron chi connectivity index (χ1n) is 5.26. The molecule has 6 nitrogen and oxygen atoms in total. The number of carbonyl (C=O) groups excluding carboxylic acids is 2. The van der Waals surface area contributed by atoms with E-state index in [0.29, 0.717) is 26.2 Å². The average Bonchev–Trinajstić information content (AvgIpc) is 2.73. The topological polar surface area (TPSA) is 64.7 Å². The highest BCUT2D eigenvalue weighted by molar-refractivity contribution is 5.77. The Morgan fingerprint density at radius 2 is 2.07 bits per heavy atom. The standard InChI is InChI=1S/C9H16N4O2/c1-7-6-11-9(15)13(7)5-4-12-3-2-10-8(12)14/h7H,2-6H2,1H3,(H,10,14)(H,11,15). The lowest BCUT2D eigenvalue weighted by Gasteiger charge is -2.22. The van der Waals surface area contributed by atoms with Crippen LogP contribution in [0.5, 0.6) is 0 Å². The van der Waals surface area contributed by atoms with Crippen molar-refractivity contribution < 1.29 is 9.59 Å². The van der Waals surface area contributed by atoms with Gasteiger partial charge in [-0.05, 0) is 6.92 Å². The summed E-state index contributed by atoms with van der Waals surface area (Å²) in [5.41, 5.74) is 0. The van der Waals surface area contributed by atoms with Crippen LogP contribution in [0.15, 0.2) is 0 Å². The van der Waals surface area contributed by atoms with Gasteiger partial charge in [0.15, 0.2) is 0 Å². The molecule has 2 heterocycles. The van der Waals surface area contributed by atoms with Gasteiger partial charge >= 0.3 is 12.1 Å². The molecule has 1 unspecified atom stereocenters. The lowest BCUT2D eigenvalue weighted by molar-refractivity contribution is 0.190. The van der Waals surface area contributed by atoms with Crippen LogP contribution in [0.3, 0.4) is 0 Å². The molecule has 4 amide bonds. The summed E-state index contributed by atoms with van der Waals surface area (Å²) in [6, 6.07) is 0.174. The third-order valence-corrected chi connectivity index (χ3v) is 2.90. The third-order valence-electron chi connectivity index (χ3n) is 2.90. The predicted molar refractivity (Wildman–Crippen MR) is 54.5 cm³/mol. The van der Waals surface area contributed by atoms with Gasteiger partial charge in [-0.2, -0.15) is 0 Å². The first-order valence-corrected chi connectivity index (χ1v) is 5.26. The zero-order chi connectivity index (χ0) is 10.8. The first kappa shape index (κ1) is 10.1. The number of rotatable bonds is 3. The van der Waals surface area contributed by atoms with Gasteiger partial charge in [-0.3, -0.25) is 0 Å². The molecule has 2 N–H and O–H groups in total. The van der Waals surface area contributed by atoms with Crippen molar-refractivity contribution >= 4 is 12.1 Å². The Bertz CT molecular complexity index is 281. The molecular weight excluding hydrogens is 196 g/mol. The van der Waals surface area contributed by atoms with E-state index in [1.54, 1.807) is 9.80 Å². The summed E-state index contributed by atoms with van der Waals surface area (Å²) in [5, 5.41) is 5.51. The number of nitrogens with one attached hydrogen (secondary N) is 2. The molecule has 2 rings (SSSR count). The zero-order valence-corrected chi connectivity index (χ0v) is 8.82. The van der Waals surface area contributed by atoms with Crippen molar-refractivity contribution in [2.75, 3.05) is 32.7 Å². The minimum Gasteiger partial charge on any atom is -0.336 e. The van der Waals surface area contributed by atoms with Gasteiger partial charge in [-0.1, -0.05) is 0 Å². The average molecular weight is 212 g/mol. The van der Waals surface area contributed by atoms with Gasteiger partial charge in [-0.15, -0.1) is 0 Å². The highest BCUT2D eigenvalue weighted by atomic mass is 16.2. The number of nitrogens with zero attached hydrogens (tertiary/aromatic N) is 2. The van der Waals surface area contributed by atoms with E-state index in [1.165, 1.54) is 0 Å². The van der Waals surface area contributed by atoms with Crippen LogP contribution in [-0.2, 0) is 0 Å². The van der Waals surface area contributed by atoms with Crippen molar-refractivity contribution in [2.45, 2.75) is 13.0 Å². The Kier molecular flexibility index (Phi) is 2.66. The number of hydrogen-bond donors (Lipinski definition) is 2. The van der Waals surface area contributed by atoms with Crippen molar-refractivity contribution in [3.63, 3.8) is 0 Å². The highest BCUT2D eigenvalue weighted by Gasteiger charge is 2.28. The quantitative estimate of drug-likeness (QED) is 0.657. The molecule has 0 aromatic rings. The van der Waals surface area contributed by atoms with E-state index in [1.807, 2.05) is 6.92 Å². The first-order chi connectivity index (χ1) is 7.18. The summed E-state index contributed by atoms with van der Waals surface area (Å²) in [6.45, 7) is 5.38. The van der Waals surface area contributed by atoms with Crippen LogP contribution in [0.1, 0.15) is 6.92 Å². The van der Waals surface area contributed by atoms with Gasteiger partial charge in [0.1, 0.15) is 0 Å². The summed E-state index contributed by atoms with van der Waals surface area (Å²) < 4.78 is 0. The number of carbonyl (C=O) groups is 2. The predicted octanol–water partition coefficient (Wildman–Crippen LogP) is -0.575. The van der Waals surface area contributed by atoms with Gasteiger partial charge in [0, 0.05) is 38.8 Å². The van der Waals surface area contributed by atoms with E-state index in [4.69, 9.17) is 0 Å². The largest absolute Gasteiger partial charge is 0.336 e. The van der Waals surface area contributed by atoms with E-state index >= 15 is 0 Å². The fourth-order valence-electron chi connectivity index (χ4n) is 1.92. The Morgan fingerprint density at radius 1 is 1.27 bits per heavy atom. The van der Waals surface area contributed by atoms with Crippen LogP contribution in [0, 0.1) is 0 Å². The summed E-state index contributed by atoms with van der Waals surface area (Å²) in [6.07, 6.45) is 0. The van der Waals surface area contributed by atoms with Crippen molar-refractivity contribution in [2.24, 2.45) is 0 Å². The molecule has 0 spiro atoms. The van der Waals surface area contributed by atoms with Crippen molar-refractivity contribution in [1.29, 1.82) is 0 Å². The minimum atomic E-state index is -0.0258. The SMILES string of the molecule is CC1CNC(=O)N1CCN1CCNC1=O. The fraction of sp³-hybridized carbons (Fsp3) is 0.778. The maximum atomic E-state index is 11.4. The molecule has 2 aliphatic rings. The maximum absolute atomic E-state index is 11.4. The smallest absolute Gasteiger partial charge is 0.317 e. The Labute approximate surface area is 88.6 Å². The van der Waals surface area contributed by atoms with Crippen LogP contribution in [0.25, 0.3) is 0 Å². The normalized spacial score (nSPS) is 25.8. The second-order valence-corrected chi connectivity index (χ2v) is 3.95. The number of urea groups is 2.